The SMILES string of the molecule is C[C@]12CC[C@H]3[C@@H](CC=C4C[C@@H](N)CC[C@@]43C)[C@@H]1CC[C@@H]2N. The van der Waals surface area contributed by atoms with Gasteiger partial charge in [0.05, 0.1) is 0 Å². The molecule has 2 heteroatoms. The lowest BCUT2D eigenvalue weighted by Crippen LogP contribution is -2.52. The van der Waals surface area contributed by atoms with E-state index in [0.29, 0.717) is 22.9 Å². The first-order valence-corrected chi connectivity index (χ1v) is 9.16. The molecule has 0 unspecified atom stereocenters. The standard InChI is InChI=1S/C19H32N2/c1-18-9-7-13(20)11-12(18)3-4-14-15-5-6-17(21)19(15,2)10-8-16(14)18/h3,13-17H,4-11,20-21H2,1-2H3/t13-,14-,15-,16-,17-,18-,19-/m0/s1. The Bertz CT molecular complexity index is 470. The number of allylic oxidation sites excluding steroid dienone is 1. The Morgan fingerprint density at radius 2 is 1.81 bits per heavy atom. The molecule has 0 bridgehead atoms. The minimum Gasteiger partial charge on any atom is -0.327 e. The van der Waals surface area contributed by atoms with Gasteiger partial charge in [0, 0.05) is 12.1 Å². The first-order valence-electron chi connectivity index (χ1n) is 9.16. The second-order valence-electron chi connectivity index (χ2n) is 8.99. The number of hydrogen-bond acceptors (Lipinski definition) is 2. The van der Waals surface area contributed by atoms with Crippen LogP contribution >= 0.6 is 0 Å². The molecule has 0 heterocycles. The molecule has 0 aliphatic heterocycles. The van der Waals surface area contributed by atoms with Crippen LogP contribution in [0.4, 0.5) is 0 Å². The molecular weight excluding hydrogens is 256 g/mol. The van der Waals surface area contributed by atoms with Crippen molar-refractivity contribution in [2.24, 2.45) is 40.1 Å². The summed E-state index contributed by atoms with van der Waals surface area (Å²) in [6, 6.07) is 0.857. The Morgan fingerprint density at radius 3 is 2.62 bits per heavy atom. The summed E-state index contributed by atoms with van der Waals surface area (Å²) in [5, 5.41) is 0. The number of rotatable bonds is 0. The average Bonchev–Trinajstić information content (AvgIpc) is 2.76. The molecule has 2 nitrogen and oxygen atoms in total. The average molecular weight is 288 g/mol. The van der Waals surface area contributed by atoms with Gasteiger partial charge in [-0.25, -0.2) is 0 Å². The molecule has 0 radical (unpaired) electrons. The number of fused-ring (bicyclic) bond motifs is 5. The van der Waals surface area contributed by atoms with Crippen LogP contribution in [0.25, 0.3) is 0 Å². The molecule has 7 atom stereocenters. The summed E-state index contributed by atoms with van der Waals surface area (Å²) in [5.41, 5.74) is 15.3. The maximum absolute atomic E-state index is 6.50. The lowest BCUT2D eigenvalue weighted by atomic mass is 9.48. The monoisotopic (exact) mass is 288 g/mol. The van der Waals surface area contributed by atoms with Crippen LogP contribution in [0.15, 0.2) is 11.6 Å². The Kier molecular flexibility index (Phi) is 3.11. The Hall–Kier alpha value is -0.340. The summed E-state index contributed by atoms with van der Waals surface area (Å²) in [6.07, 6.45) is 13.0. The van der Waals surface area contributed by atoms with Crippen molar-refractivity contribution >= 4 is 0 Å². The van der Waals surface area contributed by atoms with Gasteiger partial charge in [-0.1, -0.05) is 25.5 Å². The molecule has 4 aliphatic carbocycles. The normalized spacial score (nSPS) is 56.2. The molecule has 0 saturated heterocycles. The highest BCUT2D eigenvalue weighted by Crippen LogP contribution is 2.64. The van der Waals surface area contributed by atoms with E-state index in [4.69, 9.17) is 11.5 Å². The molecule has 21 heavy (non-hydrogen) atoms. The smallest absolute Gasteiger partial charge is 0.00957 e. The van der Waals surface area contributed by atoms with E-state index in [1.165, 1.54) is 44.9 Å². The second kappa shape index (κ2) is 4.58. The molecule has 0 aromatic rings. The zero-order chi connectivity index (χ0) is 14.8. The molecule has 4 aliphatic rings. The van der Waals surface area contributed by atoms with Crippen molar-refractivity contribution in [2.75, 3.05) is 0 Å². The molecule has 3 fully saturated rings. The minimum absolute atomic E-state index is 0.412. The quantitative estimate of drug-likeness (QED) is 0.669. The largest absolute Gasteiger partial charge is 0.327 e. The summed E-state index contributed by atoms with van der Waals surface area (Å²) in [7, 11) is 0. The third-order valence-corrected chi connectivity index (χ3v) is 8.22. The van der Waals surface area contributed by atoms with Crippen molar-refractivity contribution in [2.45, 2.75) is 77.3 Å². The predicted octanol–water partition coefficient (Wildman–Crippen LogP) is 3.60. The van der Waals surface area contributed by atoms with Gasteiger partial charge >= 0.3 is 0 Å². The van der Waals surface area contributed by atoms with Crippen LogP contribution in [0, 0.1) is 28.6 Å². The first kappa shape index (κ1) is 14.3. The van der Waals surface area contributed by atoms with E-state index >= 15 is 0 Å². The summed E-state index contributed by atoms with van der Waals surface area (Å²) in [5.74, 6) is 2.66. The highest BCUT2D eigenvalue weighted by Gasteiger charge is 2.57. The number of nitrogens with two attached hydrogens (primary N) is 2. The maximum Gasteiger partial charge on any atom is 0.00957 e. The minimum atomic E-state index is 0.412. The first-order chi connectivity index (χ1) is 9.95. The van der Waals surface area contributed by atoms with E-state index < -0.39 is 0 Å². The lowest BCUT2D eigenvalue weighted by Gasteiger charge is -2.57. The third-order valence-electron chi connectivity index (χ3n) is 8.22. The van der Waals surface area contributed by atoms with Crippen LogP contribution < -0.4 is 11.5 Å². The molecule has 4 rings (SSSR count). The fraction of sp³-hybridized carbons (Fsp3) is 0.895. The van der Waals surface area contributed by atoms with Crippen LogP contribution in [0.2, 0.25) is 0 Å². The van der Waals surface area contributed by atoms with Crippen LogP contribution in [-0.4, -0.2) is 12.1 Å². The predicted molar refractivity (Wildman–Crippen MR) is 87.7 cm³/mol. The fourth-order valence-electron chi connectivity index (χ4n) is 6.73. The zero-order valence-electron chi connectivity index (χ0n) is 13.8. The van der Waals surface area contributed by atoms with Crippen molar-refractivity contribution in [3.05, 3.63) is 11.6 Å². The molecule has 118 valence electrons. The van der Waals surface area contributed by atoms with Gasteiger partial charge in [0.15, 0.2) is 0 Å². The van der Waals surface area contributed by atoms with E-state index in [9.17, 15) is 0 Å². The molecule has 3 saturated carbocycles. The van der Waals surface area contributed by atoms with E-state index in [-0.39, 0.29) is 0 Å². The Labute approximate surface area is 129 Å². The van der Waals surface area contributed by atoms with E-state index in [0.717, 1.165) is 24.2 Å². The molecule has 0 spiro atoms. The van der Waals surface area contributed by atoms with Crippen LogP contribution in [-0.2, 0) is 0 Å². The van der Waals surface area contributed by atoms with E-state index in [2.05, 4.69) is 19.9 Å². The second-order valence-corrected chi connectivity index (χ2v) is 8.99. The van der Waals surface area contributed by atoms with Gasteiger partial charge in [-0.05, 0) is 80.0 Å². The lowest BCUT2D eigenvalue weighted by molar-refractivity contribution is -0.0309. The van der Waals surface area contributed by atoms with Crippen molar-refractivity contribution in [1.82, 2.24) is 0 Å². The Morgan fingerprint density at radius 1 is 1.00 bits per heavy atom. The van der Waals surface area contributed by atoms with E-state index in [1.54, 1.807) is 5.57 Å². The van der Waals surface area contributed by atoms with Gasteiger partial charge in [0.1, 0.15) is 0 Å². The molecule has 0 amide bonds. The Balaban J connectivity index is 1.68. The molecule has 0 aromatic carbocycles. The third kappa shape index (κ3) is 1.84. The van der Waals surface area contributed by atoms with Crippen LogP contribution in [0.3, 0.4) is 0 Å². The molecular formula is C19H32N2. The van der Waals surface area contributed by atoms with Crippen molar-refractivity contribution in [3.8, 4) is 0 Å². The fourth-order valence-corrected chi connectivity index (χ4v) is 6.73. The highest BCUT2D eigenvalue weighted by atomic mass is 14.8. The molecule has 0 aromatic heterocycles. The zero-order valence-corrected chi connectivity index (χ0v) is 13.8. The van der Waals surface area contributed by atoms with Gasteiger partial charge in [0.25, 0.3) is 0 Å². The van der Waals surface area contributed by atoms with Crippen LogP contribution in [0.1, 0.15) is 65.2 Å². The van der Waals surface area contributed by atoms with E-state index in [1.807, 2.05) is 0 Å². The van der Waals surface area contributed by atoms with Gasteiger partial charge in [-0.2, -0.15) is 0 Å². The molecule has 4 N–H and O–H groups in total. The maximum atomic E-state index is 6.50. The summed E-state index contributed by atoms with van der Waals surface area (Å²) >= 11 is 0. The van der Waals surface area contributed by atoms with Gasteiger partial charge in [-0.15, -0.1) is 0 Å². The van der Waals surface area contributed by atoms with Crippen molar-refractivity contribution < 1.29 is 0 Å². The highest BCUT2D eigenvalue weighted by molar-refractivity contribution is 5.25. The summed E-state index contributed by atoms with van der Waals surface area (Å²) < 4.78 is 0. The summed E-state index contributed by atoms with van der Waals surface area (Å²) in [4.78, 5) is 0. The summed E-state index contributed by atoms with van der Waals surface area (Å²) in [6.45, 7) is 5.04. The van der Waals surface area contributed by atoms with Crippen LogP contribution in [0.5, 0.6) is 0 Å². The number of hydrogen-bond donors (Lipinski definition) is 2. The topological polar surface area (TPSA) is 52.0 Å². The van der Waals surface area contributed by atoms with Gasteiger partial charge in [-0.3, -0.25) is 0 Å². The van der Waals surface area contributed by atoms with Gasteiger partial charge < -0.3 is 11.5 Å². The van der Waals surface area contributed by atoms with Crippen molar-refractivity contribution in [3.63, 3.8) is 0 Å². The van der Waals surface area contributed by atoms with Crippen molar-refractivity contribution in [1.29, 1.82) is 0 Å². The van der Waals surface area contributed by atoms with Gasteiger partial charge in [0.2, 0.25) is 0 Å².